The van der Waals surface area contributed by atoms with Gasteiger partial charge in [-0.2, -0.15) is 0 Å². The molecule has 0 aromatic carbocycles. The summed E-state index contributed by atoms with van der Waals surface area (Å²) in [6.45, 7) is 2.25. The maximum absolute atomic E-state index is 9.85. The maximum atomic E-state index is 9.85. The van der Waals surface area contributed by atoms with E-state index < -0.39 is 0 Å². The van der Waals surface area contributed by atoms with Gasteiger partial charge in [0.2, 0.25) is 6.29 Å². The van der Waals surface area contributed by atoms with E-state index in [2.05, 4.69) is 6.92 Å². The second-order valence-corrected chi connectivity index (χ2v) is 4.14. The quantitative estimate of drug-likeness (QED) is 0.360. The minimum absolute atomic E-state index is 1.03. The normalized spacial score (nSPS) is 11.0. The van der Waals surface area contributed by atoms with Crippen LogP contribution in [-0.2, 0) is 4.79 Å². The summed E-state index contributed by atoms with van der Waals surface area (Å²) in [6.07, 6.45) is 18.4. The van der Waals surface area contributed by atoms with Crippen molar-refractivity contribution in [2.24, 2.45) is 0 Å². The Labute approximate surface area is 95.0 Å². The molecule has 0 fully saturated rings. The fraction of sp³-hybridized carbons (Fsp3) is 0.786. The van der Waals surface area contributed by atoms with Gasteiger partial charge < -0.3 is 0 Å². The third-order valence-electron chi connectivity index (χ3n) is 2.66. The topological polar surface area (TPSA) is 17.1 Å². The molecule has 15 heavy (non-hydrogen) atoms. The van der Waals surface area contributed by atoms with Crippen molar-refractivity contribution in [1.29, 1.82) is 0 Å². The second-order valence-electron chi connectivity index (χ2n) is 4.14. The molecule has 0 rings (SSSR count). The van der Waals surface area contributed by atoms with Crippen LogP contribution in [0.1, 0.15) is 71.1 Å². The Morgan fingerprint density at radius 1 is 0.867 bits per heavy atom. The van der Waals surface area contributed by atoms with Gasteiger partial charge in [0, 0.05) is 0 Å². The molecule has 87 valence electrons. The van der Waals surface area contributed by atoms with E-state index in [0.717, 1.165) is 6.42 Å². The van der Waals surface area contributed by atoms with E-state index in [4.69, 9.17) is 0 Å². The van der Waals surface area contributed by atoms with Gasteiger partial charge >= 0.3 is 0 Å². The van der Waals surface area contributed by atoms with Gasteiger partial charge in [0.05, 0.1) is 0 Å². The van der Waals surface area contributed by atoms with Gasteiger partial charge in [0.15, 0.2) is 0 Å². The van der Waals surface area contributed by atoms with E-state index in [1.54, 1.807) is 6.29 Å². The molecule has 0 N–H and O–H groups in total. The molecule has 1 heteroatoms. The summed E-state index contributed by atoms with van der Waals surface area (Å²) < 4.78 is 0. The molecule has 0 saturated carbocycles. The van der Waals surface area contributed by atoms with E-state index in [-0.39, 0.29) is 0 Å². The zero-order valence-electron chi connectivity index (χ0n) is 10.1. The first-order valence-electron chi connectivity index (χ1n) is 6.44. The van der Waals surface area contributed by atoms with Crippen LogP contribution in [0.15, 0.2) is 12.2 Å². The standard InChI is InChI=1S/C14H25O/c1-2-3-4-5-6-7-8-9-10-11-12-13-14-15/h12-13H,2-11H2,1H3. The lowest BCUT2D eigenvalue weighted by molar-refractivity contribution is 0.563. The third kappa shape index (κ3) is 13.4. The van der Waals surface area contributed by atoms with E-state index in [9.17, 15) is 4.79 Å². The first-order chi connectivity index (χ1) is 7.41. The number of unbranched alkanes of at least 4 members (excludes halogenated alkanes) is 9. The van der Waals surface area contributed by atoms with Crippen LogP contribution in [0.2, 0.25) is 0 Å². The largest absolute Gasteiger partial charge is 0.286 e. The number of allylic oxidation sites excluding steroid dienone is 2. The Balaban J connectivity index is 2.92. The molecule has 0 atom stereocenters. The van der Waals surface area contributed by atoms with Crippen molar-refractivity contribution in [3.63, 3.8) is 0 Å². The fourth-order valence-corrected chi connectivity index (χ4v) is 1.70. The Hall–Kier alpha value is -0.590. The van der Waals surface area contributed by atoms with Gasteiger partial charge in [-0.1, -0.05) is 64.4 Å². The number of rotatable bonds is 11. The zero-order valence-corrected chi connectivity index (χ0v) is 10.1. The van der Waals surface area contributed by atoms with Crippen LogP contribution in [0.3, 0.4) is 0 Å². The summed E-state index contributed by atoms with van der Waals surface area (Å²) in [5.74, 6) is 0. The second kappa shape index (κ2) is 13.4. The lowest BCUT2D eigenvalue weighted by Crippen LogP contribution is -1.80. The van der Waals surface area contributed by atoms with Gasteiger partial charge in [0.1, 0.15) is 0 Å². The van der Waals surface area contributed by atoms with Crippen molar-refractivity contribution in [3.05, 3.63) is 12.2 Å². The van der Waals surface area contributed by atoms with E-state index in [0.29, 0.717) is 0 Å². The molecule has 0 aromatic rings. The van der Waals surface area contributed by atoms with Crippen molar-refractivity contribution in [3.8, 4) is 0 Å². The summed E-state index contributed by atoms with van der Waals surface area (Å²) >= 11 is 0. The fourth-order valence-electron chi connectivity index (χ4n) is 1.70. The van der Waals surface area contributed by atoms with Gasteiger partial charge in [-0.3, -0.25) is 4.79 Å². The van der Waals surface area contributed by atoms with E-state index >= 15 is 0 Å². The number of carbonyl (C=O) groups excluding carboxylic acids is 1. The average molecular weight is 209 g/mol. The van der Waals surface area contributed by atoms with E-state index in [1.165, 1.54) is 63.9 Å². The highest BCUT2D eigenvalue weighted by atomic mass is 16.1. The van der Waals surface area contributed by atoms with Crippen molar-refractivity contribution >= 4 is 6.29 Å². The van der Waals surface area contributed by atoms with Crippen molar-refractivity contribution < 1.29 is 4.79 Å². The van der Waals surface area contributed by atoms with Gasteiger partial charge in [-0.25, -0.2) is 0 Å². The number of hydrogen-bond acceptors (Lipinski definition) is 1. The van der Waals surface area contributed by atoms with Crippen LogP contribution in [0.25, 0.3) is 0 Å². The summed E-state index contributed by atoms with van der Waals surface area (Å²) in [7, 11) is 0. The third-order valence-corrected chi connectivity index (χ3v) is 2.66. The smallest absolute Gasteiger partial charge is 0.225 e. The minimum atomic E-state index is 1.03. The molecule has 0 aliphatic rings. The van der Waals surface area contributed by atoms with Gasteiger partial charge in [-0.15, -0.1) is 0 Å². The molecule has 1 nitrogen and oxygen atoms in total. The lowest BCUT2D eigenvalue weighted by atomic mass is 10.1. The summed E-state index contributed by atoms with van der Waals surface area (Å²) in [6, 6.07) is 0. The van der Waals surface area contributed by atoms with Crippen LogP contribution in [0.4, 0.5) is 0 Å². The SMILES string of the molecule is CCCCCCCCCCCC=C[C]=O. The van der Waals surface area contributed by atoms with Crippen molar-refractivity contribution in [1.82, 2.24) is 0 Å². The Morgan fingerprint density at radius 3 is 1.93 bits per heavy atom. The monoisotopic (exact) mass is 209 g/mol. The van der Waals surface area contributed by atoms with Crippen LogP contribution in [0, 0.1) is 0 Å². The molecular formula is C14H25O. The number of hydrogen-bond donors (Lipinski definition) is 0. The molecule has 0 unspecified atom stereocenters. The average Bonchev–Trinajstić information content (AvgIpc) is 2.26. The molecule has 0 spiro atoms. The zero-order chi connectivity index (χ0) is 11.2. The van der Waals surface area contributed by atoms with Gasteiger partial charge in [0.25, 0.3) is 0 Å². The van der Waals surface area contributed by atoms with Crippen LogP contribution in [-0.4, -0.2) is 6.29 Å². The Bertz CT molecular complexity index is 149. The molecular weight excluding hydrogens is 184 g/mol. The van der Waals surface area contributed by atoms with Crippen LogP contribution in [0.5, 0.6) is 0 Å². The molecule has 0 heterocycles. The van der Waals surface area contributed by atoms with E-state index in [1.807, 2.05) is 6.08 Å². The predicted octanol–water partition coefficient (Wildman–Crippen LogP) is 4.57. The molecule has 0 amide bonds. The first kappa shape index (κ1) is 14.4. The highest BCUT2D eigenvalue weighted by Gasteiger charge is 1.90. The molecule has 0 aliphatic heterocycles. The Morgan fingerprint density at radius 2 is 1.40 bits per heavy atom. The summed E-state index contributed by atoms with van der Waals surface area (Å²) in [4.78, 5) is 9.85. The van der Waals surface area contributed by atoms with Crippen molar-refractivity contribution in [2.75, 3.05) is 0 Å². The van der Waals surface area contributed by atoms with Crippen molar-refractivity contribution in [2.45, 2.75) is 71.1 Å². The molecule has 0 aromatic heterocycles. The highest BCUT2D eigenvalue weighted by Crippen LogP contribution is 2.10. The minimum Gasteiger partial charge on any atom is -0.286 e. The predicted molar refractivity (Wildman–Crippen MR) is 66.7 cm³/mol. The molecule has 0 aliphatic carbocycles. The van der Waals surface area contributed by atoms with Crippen LogP contribution >= 0.6 is 0 Å². The van der Waals surface area contributed by atoms with Gasteiger partial charge in [-0.05, 0) is 18.9 Å². The maximum Gasteiger partial charge on any atom is 0.225 e. The molecule has 0 saturated heterocycles. The van der Waals surface area contributed by atoms with Crippen LogP contribution < -0.4 is 0 Å². The first-order valence-corrected chi connectivity index (χ1v) is 6.44. The lowest BCUT2D eigenvalue weighted by Gasteiger charge is -2.00. The molecule has 0 bridgehead atoms. The summed E-state index contributed by atoms with van der Waals surface area (Å²) in [5, 5.41) is 0. The summed E-state index contributed by atoms with van der Waals surface area (Å²) in [5.41, 5.74) is 0. The highest BCUT2D eigenvalue weighted by molar-refractivity contribution is 5.65. The molecule has 1 radical (unpaired) electrons. The Kier molecular flexibility index (Phi) is 12.9.